The second kappa shape index (κ2) is 17.3. The topological polar surface area (TPSA) is 108 Å². The number of imidazole rings is 1. The minimum absolute atomic E-state index is 0.104. The molecule has 1 fully saturated rings. The maximum atomic E-state index is 12.4. The summed E-state index contributed by atoms with van der Waals surface area (Å²) >= 11 is 0. The molecule has 50 heavy (non-hydrogen) atoms. The van der Waals surface area contributed by atoms with Crippen molar-refractivity contribution in [3.8, 4) is 11.5 Å². The second-order valence-electron chi connectivity index (χ2n) is 12.7. The number of nitrogens with one attached hydrogen (secondary N) is 1. The Morgan fingerprint density at radius 1 is 1.00 bits per heavy atom. The number of benzene rings is 2. The highest BCUT2D eigenvalue weighted by molar-refractivity contribution is 5.87. The molecule has 0 aliphatic carbocycles. The number of carbonyl (C=O) groups excluding carboxylic acids is 1. The van der Waals surface area contributed by atoms with Crippen molar-refractivity contribution in [1.29, 1.82) is 0 Å². The molecule has 0 bridgehead atoms. The minimum atomic E-state index is 0.104. The second-order valence-corrected chi connectivity index (χ2v) is 12.7. The van der Waals surface area contributed by atoms with Crippen molar-refractivity contribution >= 4 is 34.0 Å². The van der Waals surface area contributed by atoms with Crippen molar-refractivity contribution in [2.45, 2.75) is 77.9 Å². The van der Waals surface area contributed by atoms with E-state index in [0.717, 1.165) is 90.3 Å². The summed E-state index contributed by atoms with van der Waals surface area (Å²) in [5, 5.41) is 7.95. The van der Waals surface area contributed by atoms with Crippen molar-refractivity contribution in [2.75, 3.05) is 32.6 Å². The number of piperidine rings is 1. The molecule has 2 atom stereocenters. The Bertz CT molecular complexity index is 1870. The third-order valence-corrected chi connectivity index (χ3v) is 9.41. The van der Waals surface area contributed by atoms with E-state index in [4.69, 9.17) is 14.2 Å². The van der Waals surface area contributed by atoms with Crippen molar-refractivity contribution < 1.29 is 19.0 Å². The molecule has 266 valence electrons. The number of nitrogens with zero attached hydrogens (tertiary/aromatic N) is 6. The molecular formula is C39H51N7O4. The predicted octanol–water partition coefficient (Wildman–Crippen LogP) is 7.97. The third kappa shape index (κ3) is 8.51. The molecule has 0 spiro atoms. The molecule has 1 N–H and O–H groups in total. The summed E-state index contributed by atoms with van der Waals surface area (Å²) in [6, 6.07) is 14.1. The predicted molar refractivity (Wildman–Crippen MR) is 198 cm³/mol. The van der Waals surface area contributed by atoms with Gasteiger partial charge in [0.25, 0.3) is 0 Å². The summed E-state index contributed by atoms with van der Waals surface area (Å²) in [5.74, 6) is 2.73. The Balaban J connectivity index is 0.000000425. The lowest BCUT2D eigenvalue weighted by molar-refractivity contribution is -0.127. The summed E-state index contributed by atoms with van der Waals surface area (Å²) in [4.78, 5) is 23.4. The molecule has 0 saturated carbocycles. The fraction of sp³-hybridized carbons (Fsp3) is 0.436. The number of ether oxygens (including phenoxy) is 3. The number of allylic oxidation sites excluding steroid dienone is 1. The van der Waals surface area contributed by atoms with Gasteiger partial charge in [-0.2, -0.15) is 5.10 Å². The van der Waals surface area contributed by atoms with Crippen LogP contribution in [0.15, 0.2) is 73.5 Å². The summed E-state index contributed by atoms with van der Waals surface area (Å²) in [5.41, 5.74) is 6.06. The molecule has 1 aliphatic rings. The van der Waals surface area contributed by atoms with Gasteiger partial charge in [-0.15, -0.1) is 0 Å². The van der Waals surface area contributed by atoms with Crippen LogP contribution in [-0.4, -0.2) is 74.5 Å². The van der Waals surface area contributed by atoms with Gasteiger partial charge in [0.15, 0.2) is 5.82 Å². The van der Waals surface area contributed by atoms with Crippen LogP contribution in [0.2, 0.25) is 0 Å². The van der Waals surface area contributed by atoms with Gasteiger partial charge in [0.2, 0.25) is 5.91 Å². The highest BCUT2D eigenvalue weighted by Crippen LogP contribution is 2.35. The van der Waals surface area contributed by atoms with Crippen LogP contribution in [0.3, 0.4) is 0 Å². The Kier molecular flexibility index (Phi) is 12.6. The number of aromatic nitrogens is 5. The Hall–Kier alpha value is -4.74. The van der Waals surface area contributed by atoms with E-state index < -0.39 is 0 Å². The zero-order valence-electron chi connectivity index (χ0n) is 30.4. The van der Waals surface area contributed by atoms with E-state index >= 15 is 0 Å². The minimum Gasteiger partial charge on any atom is -0.457 e. The fourth-order valence-corrected chi connectivity index (χ4v) is 6.58. The lowest BCUT2D eigenvalue weighted by Gasteiger charge is -2.31. The van der Waals surface area contributed by atoms with Gasteiger partial charge in [-0.3, -0.25) is 4.79 Å². The molecule has 11 heteroatoms. The molecule has 4 heterocycles. The van der Waals surface area contributed by atoms with E-state index in [-0.39, 0.29) is 18.1 Å². The lowest BCUT2D eigenvalue weighted by atomic mass is 9.90. The van der Waals surface area contributed by atoms with Crippen LogP contribution in [0.5, 0.6) is 11.5 Å². The highest BCUT2D eigenvalue weighted by Gasteiger charge is 2.26. The largest absolute Gasteiger partial charge is 0.457 e. The Morgan fingerprint density at radius 3 is 2.40 bits per heavy atom. The highest BCUT2D eigenvalue weighted by atomic mass is 16.5. The van der Waals surface area contributed by atoms with Gasteiger partial charge in [0, 0.05) is 52.3 Å². The molecule has 11 nitrogen and oxygen atoms in total. The molecule has 3 aromatic heterocycles. The molecule has 1 aliphatic heterocycles. The number of fused-ring (bicyclic) bond motifs is 2. The average Bonchev–Trinajstić information content (AvgIpc) is 3.75. The van der Waals surface area contributed by atoms with E-state index in [1.165, 1.54) is 5.56 Å². The summed E-state index contributed by atoms with van der Waals surface area (Å²) in [7, 11) is 5.44. The van der Waals surface area contributed by atoms with Crippen LogP contribution in [0.4, 0.5) is 11.5 Å². The number of aryl methyl sites for hydroxylation is 2. The van der Waals surface area contributed by atoms with Crippen LogP contribution in [0, 0.1) is 6.92 Å². The first-order chi connectivity index (χ1) is 24.3. The van der Waals surface area contributed by atoms with E-state index in [9.17, 15) is 4.79 Å². The lowest BCUT2D eigenvalue weighted by Crippen LogP contribution is -2.36. The van der Waals surface area contributed by atoms with Gasteiger partial charge in [0.05, 0.1) is 29.6 Å². The van der Waals surface area contributed by atoms with Gasteiger partial charge in [0.1, 0.15) is 23.3 Å². The number of rotatable bonds is 12. The van der Waals surface area contributed by atoms with Crippen molar-refractivity contribution in [1.82, 2.24) is 29.0 Å². The monoisotopic (exact) mass is 681 g/mol. The number of hydrogen-bond acceptors (Lipinski definition) is 8. The summed E-state index contributed by atoms with van der Waals surface area (Å²) in [6.45, 7) is 9.78. The standard InChI is InChI=1S/C31H33N7O2.C8H18O2/c1-4-5-6-29(39)37-14-11-22(12-15-37)25-13-16-38-30(25)31(32-19-34-38)35-23-7-10-28(21(2)17-23)40-24-8-9-27-26(18-24)33-20-36(27)3;1-5-7(9-3)8(6-2)10-4/h5-10,13,16-20,22H,4,11-12,14-15H2,1-3H3,(H,32,34,35);7-8H,5-6H2,1-4H3/b6-5+;. The molecule has 2 aromatic carbocycles. The van der Waals surface area contributed by atoms with Gasteiger partial charge in [-0.1, -0.05) is 26.8 Å². The molecular weight excluding hydrogens is 630 g/mol. The normalized spacial score (nSPS) is 14.9. The number of likely N-dealkylation sites (tertiary alicyclic amines) is 1. The van der Waals surface area contributed by atoms with Crippen molar-refractivity contribution in [2.24, 2.45) is 7.05 Å². The van der Waals surface area contributed by atoms with Crippen LogP contribution in [0.1, 0.15) is 69.9 Å². The molecule has 6 rings (SSSR count). The molecule has 5 aromatic rings. The van der Waals surface area contributed by atoms with E-state index in [2.05, 4.69) is 46.4 Å². The SMILES string of the molecule is CC/C=C/C(=O)N1CCC(c2ccn3ncnc(Nc4ccc(Oc5ccc6c(c5)ncn6C)c(C)c4)c23)CC1.CCC(OC)C(CC)OC. The number of carbonyl (C=O) groups is 1. The van der Waals surface area contributed by atoms with Crippen molar-refractivity contribution in [3.05, 3.63) is 84.6 Å². The zero-order valence-corrected chi connectivity index (χ0v) is 30.4. The van der Waals surface area contributed by atoms with Crippen LogP contribution in [-0.2, 0) is 21.3 Å². The average molecular weight is 682 g/mol. The first-order valence-corrected chi connectivity index (χ1v) is 17.6. The van der Waals surface area contributed by atoms with Gasteiger partial charge in [-0.05, 0) is 98.5 Å². The molecule has 2 unspecified atom stereocenters. The van der Waals surface area contributed by atoms with Gasteiger partial charge in [-0.25, -0.2) is 14.5 Å². The maximum absolute atomic E-state index is 12.4. The molecule has 0 radical (unpaired) electrons. The fourth-order valence-electron chi connectivity index (χ4n) is 6.58. The molecule has 1 saturated heterocycles. The number of methoxy groups -OCH3 is 2. The van der Waals surface area contributed by atoms with E-state index in [0.29, 0.717) is 5.92 Å². The number of hydrogen-bond donors (Lipinski definition) is 1. The quantitative estimate of drug-likeness (QED) is 0.132. The first-order valence-electron chi connectivity index (χ1n) is 17.6. The van der Waals surface area contributed by atoms with E-state index in [1.54, 1.807) is 33.0 Å². The Morgan fingerprint density at radius 2 is 1.74 bits per heavy atom. The zero-order chi connectivity index (χ0) is 35.6. The van der Waals surface area contributed by atoms with Crippen LogP contribution in [0.25, 0.3) is 16.6 Å². The van der Waals surface area contributed by atoms with Crippen LogP contribution >= 0.6 is 0 Å². The maximum Gasteiger partial charge on any atom is 0.246 e. The third-order valence-electron chi connectivity index (χ3n) is 9.41. The summed E-state index contributed by atoms with van der Waals surface area (Å²) in [6.07, 6.45) is 14.2. The van der Waals surface area contributed by atoms with Crippen LogP contribution < -0.4 is 10.1 Å². The van der Waals surface area contributed by atoms with Gasteiger partial charge < -0.3 is 29.0 Å². The van der Waals surface area contributed by atoms with E-state index in [1.807, 2.05) is 77.5 Å². The summed E-state index contributed by atoms with van der Waals surface area (Å²) < 4.78 is 20.5. The number of anilines is 2. The van der Waals surface area contributed by atoms with Gasteiger partial charge >= 0.3 is 0 Å². The first kappa shape index (κ1) is 36.5. The Labute approximate surface area is 295 Å². The number of amides is 1. The van der Waals surface area contributed by atoms with Crippen molar-refractivity contribution in [3.63, 3.8) is 0 Å². The smallest absolute Gasteiger partial charge is 0.246 e. The molecule has 1 amide bonds.